The molecular formula is C28H38N4O7. The third-order valence-electron chi connectivity index (χ3n) is 6.53. The molecule has 6 unspecified atom stereocenters. The van der Waals surface area contributed by atoms with Gasteiger partial charge >= 0.3 is 5.97 Å². The summed E-state index contributed by atoms with van der Waals surface area (Å²) in [4.78, 5) is 50.9. The first kappa shape index (κ1) is 31.3. The summed E-state index contributed by atoms with van der Waals surface area (Å²) in [5.41, 5.74) is 7.33. The van der Waals surface area contributed by atoms with Gasteiger partial charge in [0.15, 0.2) is 0 Å². The van der Waals surface area contributed by atoms with E-state index in [2.05, 4.69) is 16.0 Å². The second-order valence-electron chi connectivity index (χ2n) is 9.66. The number of aliphatic hydroxyl groups is 1. The molecule has 0 bridgehead atoms. The van der Waals surface area contributed by atoms with Crippen molar-refractivity contribution in [1.82, 2.24) is 16.0 Å². The van der Waals surface area contributed by atoms with Crippen LogP contribution in [0.3, 0.4) is 0 Å². The van der Waals surface area contributed by atoms with Crippen molar-refractivity contribution in [1.29, 1.82) is 0 Å². The second kappa shape index (κ2) is 14.8. The largest absolute Gasteiger partial charge is 0.508 e. The van der Waals surface area contributed by atoms with Crippen LogP contribution in [-0.2, 0) is 32.0 Å². The number of phenolic OH excluding ortho intramolecular Hbond substituents is 1. The molecule has 212 valence electrons. The van der Waals surface area contributed by atoms with Crippen molar-refractivity contribution in [3.63, 3.8) is 0 Å². The number of amides is 3. The lowest BCUT2D eigenvalue weighted by atomic mass is 9.98. The van der Waals surface area contributed by atoms with Gasteiger partial charge in [-0.25, -0.2) is 4.79 Å². The molecule has 2 rings (SSSR count). The minimum Gasteiger partial charge on any atom is -0.508 e. The maximum atomic E-state index is 13.3. The van der Waals surface area contributed by atoms with Gasteiger partial charge < -0.3 is 37.0 Å². The predicted octanol–water partition coefficient (Wildman–Crippen LogP) is 0.471. The molecule has 0 aromatic heterocycles. The molecule has 0 aliphatic carbocycles. The first-order valence-corrected chi connectivity index (χ1v) is 12.8. The highest BCUT2D eigenvalue weighted by atomic mass is 16.4. The summed E-state index contributed by atoms with van der Waals surface area (Å²) in [6, 6.07) is 9.86. The van der Waals surface area contributed by atoms with Crippen molar-refractivity contribution < 1.29 is 34.5 Å². The second-order valence-corrected chi connectivity index (χ2v) is 9.66. The number of carboxylic acids is 1. The number of hydrogen-bond acceptors (Lipinski definition) is 7. The zero-order valence-corrected chi connectivity index (χ0v) is 22.3. The molecular weight excluding hydrogens is 504 g/mol. The highest BCUT2D eigenvalue weighted by molar-refractivity contribution is 5.94. The van der Waals surface area contributed by atoms with Gasteiger partial charge in [0.05, 0.1) is 12.1 Å². The highest BCUT2D eigenvalue weighted by Crippen LogP contribution is 2.13. The highest BCUT2D eigenvalue weighted by Gasteiger charge is 2.33. The molecule has 0 spiro atoms. The fourth-order valence-corrected chi connectivity index (χ4v) is 3.83. The topological polar surface area (TPSA) is 191 Å². The smallest absolute Gasteiger partial charge is 0.326 e. The summed E-state index contributed by atoms with van der Waals surface area (Å²) < 4.78 is 0. The Labute approximate surface area is 227 Å². The molecule has 8 N–H and O–H groups in total. The number of aromatic hydroxyl groups is 1. The van der Waals surface area contributed by atoms with Crippen LogP contribution in [0.25, 0.3) is 0 Å². The third-order valence-corrected chi connectivity index (χ3v) is 6.53. The van der Waals surface area contributed by atoms with Crippen LogP contribution in [0.1, 0.15) is 38.3 Å². The molecule has 2 aromatic carbocycles. The number of aliphatic hydroxyl groups excluding tert-OH is 1. The van der Waals surface area contributed by atoms with Crippen LogP contribution in [-0.4, -0.2) is 69.3 Å². The third kappa shape index (κ3) is 9.69. The number of carbonyl (C=O) groups excluding carboxylic acids is 3. The van der Waals surface area contributed by atoms with Crippen LogP contribution < -0.4 is 21.7 Å². The van der Waals surface area contributed by atoms with Gasteiger partial charge in [0.2, 0.25) is 17.7 Å². The van der Waals surface area contributed by atoms with Crippen molar-refractivity contribution in [3.8, 4) is 5.75 Å². The van der Waals surface area contributed by atoms with E-state index in [0.29, 0.717) is 17.5 Å². The van der Waals surface area contributed by atoms with Crippen molar-refractivity contribution in [2.45, 2.75) is 70.3 Å². The quantitative estimate of drug-likeness (QED) is 0.179. The fraction of sp³-hybridized carbons (Fsp3) is 0.429. The number of carbonyl (C=O) groups is 4. The van der Waals surface area contributed by atoms with E-state index >= 15 is 0 Å². The summed E-state index contributed by atoms with van der Waals surface area (Å²) in [6.07, 6.45) is -0.741. The number of aliphatic carboxylic acids is 1. The normalized spacial score (nSPS) is 15.6. The lowest BCUT2D eigenvalue weighted by Gasteiger charge is -2.27. The number of benzene rings is 2. The minimum absolute atomic E-state index is 0.00454. The molecule has 11 heteroatoms. The molecule has 39 heavy (non-hydrogen) atoms. The number of hydrogen-bond donors (Lipinski definition) is 7. The van der Waals surface area contributed by atoms with Crippen LogP contribution >= 0.6 is 0 Å². The first-order chi connectivity index (χ1) is 18.4. The predicted molar refractivity (Wildman–Crippen MR) is 144 cm³/mol. The molecule has 0 fully saturated rings. The standard InChI is InChI=1S/C28H38N4O7/c1-4-16(2)23(29)26(36)30-21(14-19-10-12-20(34)13-11-19)25(35)32-24(17(3)33)27(37)31-22(28(38)39)15-18-8-6-5-7-9-18/h5-13,16-17,21-24,33-34H,4,14-15,29H2,1-3H3,(H,30,36)(H,31,37)(H,32,35)(H,38,39). The van der Waals surface area contributed by atoms with Gasteiger partial charge in [-0.1, -0.05) is 62.7 Å². The van der Waals surface area contributed by atoms with E-state index in [1.807, 2.05) is 6.92 Å². The maximum Gasteiger partial charge on any atom is 0.326 e. The van der Waals surface area contributed by atoms with Gasteiger partial charge in [-0.15, -0.1) is 0 Å². The van der Waals surface area contributed by atoms with Gasteiger partial charge in [0.1, 0.15) is 23.9 Å². The van der Waals surface area contributed by atoms with Gasteiger partial charge in [0, 0.05) is 12.8 Å². The van der Waals surface area contributed by atoms with Crippen LogP contribution in [0.5, 0.6) is 5.75 Å². The van der Waals surface area contributed by atoms with Crippen molar-refractivity contribution in [2.24, 2.45) is 11.7 Å². The van der Waals surface area contributed by atoms with Gasteiger partial charge in [-0.2, -0.15) is 0 Å². The van der Waals surface area contributed by atoms with Gasteiger partial charge in [-0.3, -0.25) is 14.4 Å². The SMILES string of the molecule is CCC(C)C(N)C(=O)NC(Cc1ccc(O)cc1)C(=O)NC(C(=O)NC(Cc1ccccc1)C(=O)O)C(C)O. The Kier molecular flexibility index (Phi) is 11.9. The molecule has 2 aromatic rings. The van der Waals surface area contributed by atoms with E-state index in [0.717, 1.165) is 0 Å². The molecule has 3 amide bonds. The van der Waals surface area contributed by atoms with Crippen molar-refractivity contribution >= 4 is 23.7 Å². The van der Waals surface area contributed by atoms with Crippen LogP contribution in [0, 0.1) is 5.92 Å². The Balaban J connectivity index is 2.22. The molecule has 0 saturated carbocycles. The lowest BCUT2D eigenvalue weighted by Crippen LogP contribution is -2.60. The zero-order valence-electron chi connectivity index (χ0n) is 22.3. The van der Waals surface area contributed by atoms with E-state index in [9.17, 15) is 34.5 Å². The Hall–Kier alpha value is -3.96. The first-order valence-electron chi connectivity index (χ1n) is 12.8. The summed E-state index contributed by atoms with van der Waals surface area (Å²) in [7, 11) is 0. The summed E-state index contributed by atoms with van der Waals surface area (Å²) >= 11 is 0. The molecule has 11 nitrogen and oxygen atoms in total. The van der Waals surface area contributed by atoms with Crippen LogP contribution in [0.15, 0.2) is 54.6 Å². The Bertz CT molecular complexity index is 1110. The zero-order chi connectivity index (χ0) is 29.1. The number of nitrogens with two attached hydrogens (primary N) is 1. The molecule has 0 heterocycles. The number of rotatable bonds is 14. The minimum atomic E-state index is -1.50. The Morgan fingerprint density at radius 1 is 0.795 bits per heavy atom. The number of nitrogens with one attached hydrogen (secondary N) is 3. The molecule has 6 atom stereocenters. The number of carboxylic acid groups (broad SMARTS) is 1. The summed E-state index contributed by atoms with van der Waals surface area (Å²) in [5.74, 6) is -3.64. The Morgan fingerprint density at radius 2 is 1.33 bits per heavy atom. The Morgan fingerprint density at radius 3 is 1.87 bits per heavy atom. The lowest BCUT2D eigenvalue weighted by molar-refractivity contribution is -0.143. The number of phenols is 1. The van der Waals surface area contributed by atoms with Gasteiger partial charge in [-0.05, 0) is 36.1 Å². The average Bonchev–Trinajstić information content (AvgIpc) is 2.91. The van der Waals surface area contributed by atoms with Gasteiger partial charge in [0.25, 0.3) is 0 Å². The summed E-state index contributed by atoms with van der Waals surface area (Å²) in [5, 5.41) is 36.9. The van der Waals surface area contributed by atoms with E-state index < -0.39 is 54.0 Å². The van der Waals surface area contributed by atoms with Crippen LogP contribution in [0.4, 0.5) is 0 Å². The average molecular weight is 543 g/mol. The van der Waals surface area contributed by atoms with E-state index in [-0.39, 0.29) is 24.5 Å². The molecule has 0 saturated heterocycles. The fourth-order valence-electron chi connectivity index (χ4n) is 3.83. The summed E-state index contributed by atoms with van der Waals surface area (Å²) in [6.45, 7) is 4.97. The van der Waals surface area contributed by atoms with Crippen LogP contribution in [0.2, 0.25) is 0 Å². The van der Waals surface area contributed by atoms with Crippen molar-refractivity contribution in [3.05, 3.63) is 65.7 Å². The van der Waals surface area contributed by atoms with E-state index in [4.69, 9.17) is 5.73 Å². The molecule has 0 aliphatic rings. The monoisotopic (exact) mass is 542 g/mol. The molecule has 0 aliphatic heterocycles. The maximum absolute atomic E-state index is 13.3. The van der Waals surface area contributed by atoms with Crippen molar-refractivity contribution in [2.75, 3.05) is 0 Å². The molecule has 0 radical (unpaired) electrons. The van der Waals surface area contributed by atoms with E-state index in [1.54, 1.807) is 49.4 Å². The van der Waals surface area contributed by atoms with E-state index in [1.165, 1.54) is 19.1 Å².